The molecule has 0 aromatic carbocycles. The Morgan fingerprint density at radius 3 is 2.33 bits per heavy atom. The van der Waals surface area contributed by atoms with Crippen LogP contribution in [0.2, 0.25) is 0 Å². The first kappa shape index (κ1) is 12.5. The van der Waals surface area contributed by atoms with Crippen LogP contribution < -0.4 is 10.6 Å². The van der Waals surface area contributed by atoms with Crippen LogP contribution in [0.3, 0.4) is 0 Å². The minimum absolute atomic E-state index is 0.0364. The number of carbonyl (C=O) groups excluding carboxylic acids is 1. The number of carbonyl (C=O) groups is 1. The van der Waals surface area contributed by atoms with Gasteiger partial charge in [0.05, 0.1) is 6.10 Å². The summed E-state index contributed by atoms with van der Waals surface area (Å²) in [7, 11) is 3.64. The molecule has 0 heterocycles. The Bertz CT molecular complexity index is 201. The normalized spacial score (nSPS) is 28.5. The first-order chi connectivity index (χ1) is 7.17. The average Bonchev–Trinajstić information content (AvgIpc) is 2.29. The third-order valence-electron chi connectivity index (χ3n) is 3.09. The SMILES string of the molecule is CNC(=O)C(C)OC1CCC(NC)CC1. The molecule has 1 fully saturated rings. The fraction of sp³-hybridized carbons (Fsp3) is 0.909. The molecule has 0 aromatic heterocycles. The first-order valence-corrected chi connectivity index (χ1v) is 5.71. The second kappa shape index (κ2) is 6.08. The Morgan fingerprint density at radius 2 is 1.87 bits per heavy atom. The Balaban J connectivity index is 2.26. The minimum Gasteiger partial charge on any atom is -0.365 e. The van der Waals surface area contributed by atoms with E-state index in [4.69, 9.17) is 4.74 Å². The second-order valence-electron chi connectivity index (χ2n) is 4.15. The number of likely N-dealkylation sites (N-methyl/N-ethyl adjacent to an activating group) is 1. The molecule has 1 atom stereocenters. The summed E-state index contributed by atoms with van der Waals surface area (Å²) in [6, 6.07) is 0.625. The van der Waals surface area contributed by atoms with E-state index in [1.807, 2.05) is 14.0 Å². The van der Waals surface area contributed by atoms with Gasteiger partial charge in [-0.25, -0.2) is 0 Å². The van der Waals surface area contributed by atoms with Gasteiger partial charge in [0, 0.05) is 13.1 Å². The van der Waals surface area contributed by atoms with Crippen molar-refractivity contribution in [1.82, 2.24) is 10.6 Å². The molecular weight excluding hydrogens is 192 g/mol. The number of hydrogen-bond donors (Lipinski definition) is 2. The molecule has 1 amide bonds. The molecule has 0 bridgehead atoms. The maximum atomic E-state index is 11.3. The van der Waals surface area contributed by atoms with Crippen molar-refractivity contribution in [2.45, 2.75) is 50.9 Å². The lowest BCUT2D eigenvalue weighted by Crippen LogP contribution is -2.38. The molecule has 1 unspecified atom stereocenters. The van der Waals surface area contributed by atoms with E-state index in [0.717, 1.165) is 25.7 Å². The summed E-state index contributed by atoms with van der Waals surface area (Å²) in [6.07, 6.45) is 4.30. The summed E-state index contributed by atoms with van der Waals surface area (Å²) < 4.78 is 5.70. The van der Waals surface area contributed by atoms with Crippen LogP contribution in [0.1, 0.15) is 32.6 Å². The molecule has 1 rings (SSSR count). The van der Waals surface area contributed by atoms with Gasteiger partial charge in [-0.05, 0) is 39.7 Å². The van der Waals surface area contributed by atoms with Crippen molar-refractivity contribution in [3.05, 3.63) is 0 Å². The van der Waals surface area contributed by atoms with E-state index in [0.29, 0.717) is 6.04 Å². The van der Waals surface area contributed by atoms with Gasteiger partial charge in [0.15, 0.2) is 0 Å². The van der Waals surface area contributed by atoms with E-state index in [1.54, 1.807) is 7.05 Å². The summed E-state index contributed by atoms with van der Waals surface area (Å²) in [5.74, 6) is -0.0364. The summed E-state index contributed by atoms with van der Waals surface area (Å²) in [4.78, 5) is 11.3. The second-order valence-corrected chi connectivity index (χ2v) is 4.15. The summed E-state index contributed by atoms with van der Waals surface area (Å²) in [6.45, 7) is 1.81. The number of ether oxygens (including phenoxy) is 1. The smallest absolute Gasteiger partial charge is 0.248 e. The van der Waals surface area contributed by atoms with Crippen LogP contribution in [-0.4, -0.2) is 38.3 Å². The van der Waals surface area contributed by atoms with E-state index in [1.165, 1.54) is 0 Å². The highest BCUT2D eigenvalue weighted by molar-refractivity contribution is 5.79. The van der Waals surface area contributed by atoms with E-state index < -0.39 is 0 Å². The zero-order valence-electron chi connectivity index (χ0n) is 9.88. The molecule has 0 spiro atoms. The molecule has 0 aromatic rings. The number of rotatable bonds is 4. The lowest BCUT2D eigenvalue weighted by atomic mass is 9.93. The van der Waals surface area contributed by atoms with Crippen molar-refractivity contribution in [1.29, 1.82) is 0 Å². The maximum absolute atomic E-state index is 11.3. The molecule has 1 aliphatic carbocycles. The monoisotopic (exact) mass is 214 g/mol. The van der Waals surface area contributed by atoms with Crippen LogP contribution in [0.4, 0.5) is 0 Å². The number of hydrogen-bond acceptors (Lipinski definition) is 3. The first-order valence-electron chi connectivity index (χ1n) is 5.71. The van der Waals surface area contributed by atoms with E-state index in [2.05, 4.69) is 10.6 Å². The van der Waals surface area contributed by atoms with Crippen LogP contribution in [0.25, 0.3) is 0 Å². The molecule has 2 N–H and O–H groups in total. The van der Waals surface area contributed by atoms with Crippen molar-refractivity contribution in [2.75, 3.05) is 14.1 Å². The van der Waals surface area contributed by atoms with Gasteiger partial charge in [0.2, 0.25) is 5.91 Å². The van der Waals surface area contributed by atoms with Crippen LogP contribution >= 0.6 is 0 Å². The zero-order valence-corrected chi connectivity index (χ0v) is 9.88. The molecule has 1 aliphatic rings. The lowest BCUT2D eigenvalue weighted by Gasteiger charge is -2.29. The summed E-state index contributed by atoms with van der Waals surface area (Å²) >= 11 is 0. The Kier molecular flexibility index (Phi) is 5.05. The van der Waals surface area contributed by atoms with Crippen LogP contribution in [0, 0.1) is 0 Å². The van der Waals surface area contributed by atoms with E-state index in [-0.39, 0.29) is 18.1 Å². The largest absolute Gasteiger partial charge is 0.365 e. The van der Waals surface area contributed by atoms with Crippen molar-refractivity contribution in [3.8, 4) is 0 Å². The number of amides is 1. The standard InChI is InChI=1S/C11H22N2O2/c1-8(11(14)13-3)15-10-6-4-9(12-2)5-7-10/h8-10,12H,4-7H2,1-3H3,(H,13,14). The summed E-state index contributed by atoms with van der Waals surface area (Å²) in [5, 5.41) is 5.87. The predicted octanol–water partition coefficient (Wildman–Crippen LogP) is 0.668. The average molecular weight is 214 g/mol. The molecule has 4 heteroatoms. The fourth-order valence-electron chi connectivity index (χ4n) is 2.04. The molecule has 0 saturated heterocycles. The van der Waals surface area contributed by atoms with E-state index >= 15 is 0 Å². The fourth-order valence-corrected chi connectivity index (χ4v) is 2.04. The summed E-state index contributed by atoms with van der Waals surface area (Å²) in [5.41, 5.74) is 0. The van der Waals surface area contributed by atoms with Crippen LogP contribution in [0.5, 0.6) is 0 Å². The highest BCUT2D eigenvalue weighted by Crippen LogP contribution is 2.21. The third-order valence-corrected chi connectivity index (χ3v) is 3.09. The Labute approximate surface area is 91.8 Å². The van der Waals surface area contributed by atoms with Crippen molar-refractivity contribution >= 4 is 5.91 Å². The van der Waals surface area contributed by atoms with Crippen molar-refractivity contribution in [3.63, 3.8) is 0 Å². The van der Waals surface area contributed by atoms with Gasteiger partial charge in [-0.15, -0.1) is 0 Å². The highest BCUT2D eigenvalue weighted by Gasteiger charge is 2.23. The van der Waals surface area contributed by atoms with Gasteiger partial charge in [0.25, 0.3) is 0 Å². The quantitative estimate of drug-likeness (QED) is 0.723. The lowest BCUT2D eigenvalue weighted by molar-refractivity contribution is -0.136. The molecule has 15 heavy (non-hydrogen) atoms. The molecule has 0 radical (unpaired) electrons. The molecule has 1 saturated carbocycles. The Morgan fingerprint density at radius 1 is 1.27 bits per heavy atom. The topological polar surface area (TPSA) is 50.4 Å². The van der Waals surface area contributed by atoms with Gasteiger partial charge in [-0.3, -0.25) is 4.79 Å². The molecule has 0 aliphatic heterocycles. The highest BCUT2D eigenvalue weighted by atomic mass is 16.5. The maximum Gasteiger partial charge on any atom is 0.248 e. The minimum atomic E-state index is -0.328. The van der Waals surface area contributed by atoms with Gasteiger partial charge in [-0.1, -0.05) is 0 Å². The van der Waals surface area contributed by atoms with Crippen LogP contribution in [0.15, 0.2) is 0 Å². The molecule has 4 nitrogen and oxygen atoms in total. The van der Waals surface area contributed by atoms with Gasteiger partial charge in [0.1, 0.15) is 6.10 Å². The zero-order chi connectivity index (χ0) is 11.3. The third kappa shape index (κ3) is 3.80. The number of nitrogens with one attached hydrogen (secondary N) is 2. The Hall–Kier alpha value is -0.610. The molecule has 88 valence electrons. The van der Waals surface area contributed by atoms with Crippen LogP contribution in [-0.2, 0) is 9.53 Å². The van der Waals surface area contributed by atoms with Crippen molar-refractivity contribution in [2.24, 2.45) is 0 Å². The van der Waals surface area contributed by atoms with Gasteiger partial charge >= 0.3 is 0 Å². The van der Waals surface area contributed by atoms with E-state index in [9.17, 15) is 4.79 Å². The van der Waals surface area contributed by atoms with Gasteiger partial charge in [-0.2, -0.15) is 0 Å². The van der Waals surface area contributed by atoms with Crippen molar-refractivity contribution < 1.29 is 9.53 Å². The van der Waals surface area contributed by atoms with Gasteiger partial charge < -0.3 is 15.4 Å². The predicted molar refractivity (Wildman–Crippen MR) is 59.7 cm³/mol. The molecular formula is C11H22N2O2.